The molecule has 0 bridgehead atoms. The Balaban J connectivity index is 2.45. The third-order valence-electron chi connectivity index (χ3n) is 3.24. The van der Waals surface area contributed by atoms with Gasteiger partial charge >= 0.3 is 5.97 Å². The quantitative estimate of drug-likeness (QED) is 0.771. The fraction of sp³-hybridized carbons (Fsp3) is 0.417. The number of carbonyl (C=O) groups is 1. The van der Waals surface area contributed by atoms with Crippen LogP contribution >= 0.6 is 0 Å². The highest BCUT2D eigenvalue weighted by Gasteiger charge is 2.72. The molecule has 0 saturated carbocycles. The van der Waals surface area contributed by atoms with E-state index < -0.39 is 17.2 Å². The van der Waals surface area contributed by atoms with E-state index in [9.17, 15) is 9.90 Å². The molecule has 1 aromatic carbocycles. The monoisotopic (exact) mass is 206 g/mol. The molecule has 80 valence electrons. The average molecular weight is 206 g/mol. The van der Waals surface area contributed by atoms with Crippen molar-refractivity contribution in [3.63, 3.8) is 0 Å². The zero-order chi connectivity index (χ0) is 11.1. The van der Waals surface area contributed by atoms with Gasteiger partial charge in [0.05, 0.1) is 0 Å². The molecule has 15 heavy (non-hydrogen) atoms. The van der Waals surface area contributed by atoms with E-state index in [1.54, 1.807) is 12.1 Å². The fourth-order valence-electron chi connectivity index (χ4n) is 2.06. The van der Waals surface area contributed by atoms with Gasteiger partial charge in [0.1, 0.15) is 5.60 Å². The summed E-state index contributed by atoms with van der Waals surface area (Å²) < 4.78 is 5.49. The first-order chi connectivity index (χ1) is 7.07. The number of epoxide rings is 1. The molecule has 1 aromatic rings. The minimum Gasteiger partial charge on any atom is -0.479 e. The SMILES string of the molecule is CCC1(C)OC1(C(=O)O)c1ccccc1. The third kappa shape index (κ3) is 1.20. The van der Waals surface area contributed by atoms with Crippen LogP contribution in [0.4, 0.5) is 0 Å². The summed E-state index contributed by atoms with van der Waals surface area (Å²) in [4.78, 5) is 11.3. The molecule has 1 saturated heterocycles. The maximum atomic E-state index is 11.3. The van der Waals surface area contributed by atoms with Crippen molar-refractivity contribution in [1.29, 1.82) is 0 Å². The van der Waals surface area contributed by atoms with E-state index in [2.05, 4.69) is 0 Å². The number of benzene rings is 1. The maximum absolute atomic E-state index is 11.3. The predicted octanol–water partition coefficient (Wildman–Crippen LogP) is 2.17. The first-order valence-corrected chi connectivity index (χ1v) is 5.06. The van der Waals surface area contributed by atoms with Gasteiger partial charge in [0, 0.05) is 0 Å². The van der Waals surface area contributed by atoms with Crippen molar-refractivity contribution in [1.82, 2.24) is 0 Å². The molecule has 1 heterocycles. The Morgan fingerprint density at radius 2 is 2.00 bits per heavy atom. The Kier molecular flexibility index (Phi) is 2.08. The molecule has 1 fully saturated rings. The molecule has 0 aromatic heterocycles. The summed E-state index contributed by atoms with van der Waals surface area (Å²) in [6.07, 6.45) is 0.689. The van der Waals surface area contributed by atoms with Gasteiger partial charge in [0.15, 0.2) is 0 Å². The van der Waals surface area contributed by atoms with Gasteiger partial charge < -0.3 is 9.84 Å². The van der Waals surface area contributed by atoms with Crippen LogP contribution in [0.2, 0.25) is 0 Å². The number of carboxylic acid groups (broad SMARTS) is 1. The van der Waals surface area contributed by atoms with Gasteiger partial charge in [-0.3, -0.25) is 0 Å². The van der Waals surface area contributed by atoms with Crippen molar-refractivity contribution in [2.45, 2.75) is 31.5 Å². The van der Waals surface area contributed by atoms with Crippen LogP contribution in [-0.4, -0.2) is 16.7 Å². The molecule has 1 aliphatic rings. The lowest BCUT2D eigenvalue weighted by Crippen LogP contribution is -2.29. The van der Waals surface area contributed by atoms with Crippen molar-refractivity contribution >= 4 is 5.97 Å². The molecule has 0 aliphatic carbocycles. The first-order valence-electron chi connectivity index (χ1n) is 5.06. The van der Waals surface area contributed by atoms with Gasteiger partial charge in [-0.2, -0.15) is 0 Å². The number of aliphatic carboxylic acids is 1. The van der Waals surface area contributed by atoms with Gasteiger partial charge in [0.2, 0.25) is 5.60 Å². The molecule has 3 heteroatoms. The second kappa shape index (κ2) is 3.07. The Morgan fingerprint density at radius 1 is 1.40 bits per heavy atom. The zero-order valence-electron chi connectivity index (χ0n) is 8.86. The summed E-state index contributed by atoms with van der Waals surface area (Å²) in [5.74, 6) is -0.905. The summed E-state index contributed by atoms with van der Waals surface area (Å²) in [6, 6.07) is 9.13. The Labute approximate surface area is 88.7 Å². The van der Waals surface area contributed by atoms with Gasteiger partial charge in [-0.15, -0.1) is 0 Å². The van der Waals surface area contributed by atoms with E-state index in [4.69, 9.17) is 4.74 Å². The molecule has 0 amide bonds. The van der Waals surface area contributed by atoms with Crippen LogP contribution in [0, 0.1) is 0 Å². The van der Waals surface area contributed by atoms with Crippen LogP contribution in [-0.2, 0) is 15.1 Å². The highest BCUT2D eigenvalue weighted by molar-refractivity contribution is 5.84. The van der Waals surface area contributed by atoms with Crippen LogP contribution in [0.3, 0.4) is 0 Å². The highest BCUT2D eigenvalue weighted by atomic mass is 16.6. The lowest BCUT2D eigenvalue weighted by Gasteiger charge is -2.11. The van der Waals surface area contributed by atoms with E-state index in [1.807, 2.05) is 32.0 Å². The molecule has 0 radical (unpaired) electrons. The largest absolute Gasteiger partial charge is 0.479 e. The van der Waals surface area contributed by atoms with E-state index in [-0.39, 0.29) is 0 Å². The van der Waals surface area contributed by atoms with Crippen molar-refractivity contribution in [3.05, 3.63) is 35.9 Å². The lowest BCUT2D eigenvalue weighted by molar-refractivity contribution is -0.143. The summed E-state index contributed by atoms with van der Waals surface area (Å²) >= 11 is 0. The third-order valence-corrected chi connectivity index (χ3v) is 3.24. The van der Waals surface area contributed by atoms with E-state index >= 15 is 0 Å². The van der Waals surface area contributed by atoms with Crippen molar-refractivity contribution in [2.75, 3.05) is 0 Å². The maximum Gasteiger partial charge on any atom is 0.343 e. The fourth-order valence-corrected chi connectivity index (χ4v) is 2.06. The van der Waals surface area contributed by atoms with Crippen molar-refractivity contribution < 1.29 is 14.6 Å². The van der Waals surface area contributed by atoms with Gasteiger partial charge in [-0.25, -0.2) is 4.79 Å². The smallest absolute Gasteiger partial charge is 0.343 e. The van der Waals surface area contributed by atoms with E-state index in [1.165, 1.54) is 0 Å². The number of rotatable bonds is 3. The number of ether oxygens (including phenoxy) is 1. The zero-order valence-corrected chi connectivity index (χ0v) is 8.86. The molecule has 2 rings (SSSR count). The molecular formula is C12H14O3. The van der Waals surface area contributed by atoms with Crippen molar-refractivity contribution in [2.24, 2.45) is 0 Å². The molecule has 1 N–H and O–H groups in total. The standard InChI is InChI=1S/C12H14O3/c1-3-11(2)12(15-11,10(13)14)9-7-5-4-6-8-9/h4-8H,3H2,1-2H3,(H,13,14). The number of hydrogen-bond donors (Lipinski definition) is 1. The summed E-state index contributed by atoms with van der Waals surface area (Å²) in [7, 11) is 0. The topological polar surface area (TPSA) is 49.8 Å². The van der Waals surface area contributed by atoms with Crippen LogP contribution in [0.1, 0.15) is 25.8 Å². The van der Waals surface area contributed by atoms with Crippen LogP contribution in [0.15, 0.2) is 30.3 Å². The van der Waals surface area contributed by atoms with Crippen LogP contribution in [0.25, 0.3) is 0 Å². The first kappa shape index (κ1) is 10.2. The van der Waals surface area contributed by atoms with Crippen LogP contribution < -0.4 is 0 Å². The minimum atomic E-state index is -1.14. The van der Waals surface area contributed by atoms with Crippen LogP contribution in [0.5, 0.6) is 0 Å². The molecule has 2 unspecified atom stereocenters. The Hall–Kier alpha value is -1.35. The van der Waals surface area contributed by atoms with E-state index in [0.29, 0.717) is 6.42 Å². The second-order valence-corrected chi connectivity index (χ2v) is 4.04. The second-order valence-electron chi connectivity index (χ2n) is 4.04. The normalized spacial score (nSPS) is 33.7. The summed E-state index contributed by atoms with van der Waals surface area (Å²) in [5.41, 5.74) is -0.981. The van der Waals surface area contributed by atoms with E-state index in [0.717, 1.165) is 5.56 Å². The molecular weight excluding hydrogens is 192 g/mol. The minimum absolute atomic E-state index is 0.569. The number of carboxylic acids is 1. The molecule has 0 spiro atoms. The Morgan fingerprint density at radius 3 is 2.40 bits per heavy atom. The summed E-state index contributed by atoms with van der Waals surface area (Å²) in [5, 5.41) is 9.30. The Bertz CT molecular complexity index is 387. The van der Waals surface area contributed by atoms with Gasteiger partial charge in [-0.1, -0.05) is 37.3 Å². The molecule has 3 nitrogen and oxygen atoms in total. The lowest BCUT2D eigenvalue weighted by atomic mass is 9.86. The average Bonchev–Trinajstić information content (AvgIpc) is 2.89. The predicted molar refractivity (Wildman–Crippen MR) is 55.5 cm³/mol. The molecule has 1 aliphatic heterocycles. The highest BCUT2D eigenvalue weighted by Crippen LogP contribution is 2.57. The van der Waals surface area contributed by atoms with Gasteiger partial charge in [-0.05, 0) is 18.9 Å². The van der Waals surface area contributed by atoms with Crippen molar-refractivity contribution in [3.8, 4) is 0 Å². The molecule has 2 atom stereocenters. The van der Waals surface area contributed by atoms with Gasteiger partial charge in [0.25, 0.3) is 0 Å². The number of hydrogen-bond acceptors (Lipinski definition) is 2. The summed E-state index contributed by atoms with van der Waals surface area (Å²) in [6.45, 7) is 3.78.